The van der Waals surface area contributed by atoms with E-state index in [9.17, 15) is 0 Å². The standard InChI is InChI=1S/C18H28N4O4S/c1-23-7-8-25-11-12-26-10-9-24-6-5-22(20)14-15(19)18-13-16-17(27-18)3-2-4-21-16/h2-4,13-14H,5-12,19-20H2,1H3/b15-14-. The summed E-state index contributed by atoms with van der Waals surface area (Å²) in [6.45, 7) is 4.31. The van der Waals surface area contributed by atoms with E-state index in [0.29, 0.717) is 58.5 Å². The number of hydrogen-bond donors (Lipinski definition) is 2. The third-order valence-corrected chi connectivity index (χ3v) is 4.69. The van der Waals surface area contributed by atoms with Crippen LogP contribution in [0.5, 0.6) is 0 Å². The van der Waals surface area contributed by atoms with Crippen LogP contribution in [0.2, 0.25) is 0 Å². The lowest BCUT2D eigenvalue weighted by molar-refractivity contribution is 0.00216. The van der Waals surface area contributed by atoms with Gasteiger partial charge in [-0.2, -0.15) is 0 Å². The Morgan fingerprint density at radius 3 is 2.44 bits per heavy atom. The predicted octanol–water partition coefficient (Wildman–Crippen LogP) is 1.43. The van der Waals surface area contributed by atoms with Crippen molar-refractivity contribution in [1.29, 1.82) is 0 Å². The van der Waals surface area contributed by atoms with Crippen LogP contribution < -0.4 is 11.6 Å². The van der Waals surface area contributed by atoms with Crippen LogP contribution in [0.25, 0.3) is 15.9 Å². The van der Waals surface area contributed by atoms with Gasteiger partial charge in [0.2, 0.25) is 0 Å². The van der Waals surface area contributed by atoms with Crippen molar-refractivity contribution in [3.05, 3.63) is 35.5 Å². The summed E-state index contributed by atoms with van der Waals surface area (Å²) in [5.74, 6) is 5.95. The highest BCUT2D eigenvalue weighted by molar-refractivity contribution is 7.19. The van der Waals surface area contributed by atoms with Crippen LogP contribution in [0.15, 0.2) is 30.6 Å². The molecule has 0 saturated heterocycles. The van der Waals surface area contributed by atoms with Gasteiger partial charge < -0.3 is 29.7 Å². The molecule has 9 heteroatoms. The van der Waals surface area contributed by atoms with Gasteiger partial charge in [0.05, 0.1) is 73.6 Å². The number of hydrogen-bond acceptors (Lipinski definition) is 9. The fourth-order valence-corrected chi connectivity index (χ4v) is 3.11. The zero-order valence-corrected chi connectivity index (χ0v) is 16.5. The topological polar surface area (TPSA) is 105 Å². The second kappa shape index (κ2) is 12.6. The lowest BCUT2D eigenvalue weighted by Crippen LogP contribution is -2.30. The highest BCUT2D eigenvalue weighted by Crippen LogP contribution is 2.26. The molecule has 0 saturated carbocycles. The van der Waals surface area contributed by atoms with Crippen LogP contribution in [0.4, 0.5) is 0 Å². The zero-order chi connectivity index (χ0) is 19.3. The largest absolute Gasteiger partial charge is 0.396 e. The monoisotopic (exact) mass is 396 g/mol. The van der Waals surface area contributed by atoms with Gasteiger partial charge in [-0.05, 0) is 18.2 Å². The molecule has 0 bridgehead atoms. The predicted molar refractivity (Wildman–Crippen MR) is 107 cm³/mol. The molecule has 0 atom stereocenters. The molecular weight excluding hydrogens is 368 g/mol. The molecule has 4 N–H and O–H groups in total. The van der Waals surface area contributed by atoms with E-state index in [-0.39, 0.29) is 0 Å². The summed E-state index contributed by atoms with van der Waals surface area (Å²) in [7, 11) is 1.64. The highest BCUT2D eigenvalue weighted by Gasteiger charge is 2.05. The molecule has 2 rings (SSSR count). The van der Waals surface area contributed by atoms with Gasteiger partial charge in [0.1, 0.15) is 0 Å². The Morgan fingerprint density at radius 1 is 1.11 bits per heavy atom. The average molecular weight is 397 g/mol. The molecule has 8 nitrogen and oxygen atoms in total. The quantitative estimate of drug-likeness (QED) is 0.281. The van der Waals surface area contributed by atoms with Crippen LogP contribution in [-0.2, 0) is 18.9 Å². The maximum absolute atomic E-state index is 6.13. The molecule has 0 aliphatic heterocycles. The van der Waals surface area contributed by atoms with Crippen LogP contribution >= 0.6 is 11.3 Å². The first-order valence-electron chi connectivity index (χ1n) is 8.76. The van der Waals surface area contributed by atoms with Crippen molar-refractivity contribution in [3.8, 4) is 0 Å². The van der Waals surface area contributed by atoms with Gasteiger partial charge >= 0.3 is 0 Å². The molecule has 0 aliphatic rings. The fraction of sp³-hybridized carbons (Fsp3) is 0.500. The number of fused-ring (bicyclic) bond motifs is 1. The molecule has 27 heavy (non-hydrogen) atoms. The number of rotatable bonds is 14. The zero-order valence-electron chi connectivity index (χ0n) is 15.6. The molecule has 0 radical (unpaired) electrons. The number of methoxy groups -OCH3 is 1. The summed E-state index contributed by atoms with van der Waals surface area (Å²) in [6, 6.07) is 5.89. The summed E-state index contributed by atoms with van der Waals surface area (Å²) in [6.07, 6.45) is 3.48. The molecule has 2 aromatic heterocycles. The Hall–Kier alpha value is -1.75. The first kappa shape index (κ1) is 21.5. The Balaban J connectivity index is 1.56. The summed E-state index contributed by atoms with van der Waals surface area (Å²) >= 11 is 1.59. The summed E-state index contributed by atoms with van der Waals surface area (Å²) in [5, 5.41) is 1.53. The number of hydrazine groups is 1. The van der Waals surface area contributed by atoms with Gasteiger partial charge in [0.15, 0.2) is 0 Å². The van der Waals surface area contributed by atoms with Crippen LogP contribution in [0.1, 0.15) is 4.88 Å². The summed E-state index contributed by atoms with van der Waals surface area (Å²) < 4.78 is 22.2. The first-order chi connectivity index (χ1) is 13.2. The third kappa shape index (κ3) is 8.21. The molecule has 0 amide bonds. The van der Waals surface area contributed by atoms with Crippen molar-refractivity contribution < 1.29 is 18.9 Å². The Morgan fingerprint density at radius 2 is 1.78 bits per heavy atom. The van der Waals surface area contributed by atoms with Gasteiger partial charge in [-0.3, -0.25) is 4.98 Å². The molecule has 0 aromatic carbocycles. The van der Waals surface area contributed by atoms with E-state index in [1.165, 1.54) is 5.01 Å². The van der Waals surface area contributed by atoms with E-state index in [2.05, 4.69) is 4.98 Å². The second-order valence-corrected chi connectivity index (χ2v) is 6.73. The maximum atomic E-state index is 6.13. The fourth-order valence-electron chi connectivity index (χ4n) is 2.17. The minimum absolute atomic E-state index is 0.488. The van der Waals surface area contributed by atoms with Gasteiger partial charge in [-0.15, -0.1) is 11.3 Å². The minimum atomic E-state index is 0.488. The Bertz CT molecular complexity index is 662. The molecular formula is C18H28N4O4S. The normalized spacial score (nSPS) is 12.0. The number of ether oxygens (including phenoxy) is 4. The highest BCUT2D eigenvalue weighted by atomic mass is 32.1. The van der Waals surface area contributed by atoms with Crippen molar-refractivity contribution in [1.82, 2.24) is 9.99 Å². The summed E-state index contributed by atoms with van der Waals surface area (Å²) in [5.41, 5.74) is 7.67. The van der Waals surface area contributed by atoms with E-state index in [1.807, 2.05) is 18.2 Å². The lowest BCUT2D eigenvalue weighted by Gasteiger charge is -2.14. The van der Waals surface area contributed by atoms with Crippen molar-refractivity contribution in [2.75, 3.05) is 59.9 Å². The SMILES string of the molecule is COCCOCCOCCOCCN(N)/C=C(\N)c1cc2ncccc2s1. The minimum Gasteiger partial charge on any atom is -0.396 e. The van der Waals surface area contributed by atoms with Crippen LogP contribution in [0.3, 0.4) is 0 Å². The smallest absolute Gasteiger partial charge is 0.0816 e. The van der Waals surface area contributed by atoms with Gasteiger partial charge in [-0.1, -0.05) is 0 Å². The maximum Gasteiger partial charge on any atom is 0.0816 e. The van der Waals surface area contributed by atoms with E-state index >= 15 is 0 Å². The van der Waals surface area contributed by atoms with Crippen molar-refractivity contribution >= 4 is 27.3 Å². The van der Waals surface area contributed by atoms with Gasteiger partial charge in [0.25, 0.3) is 0 Å². The average Bonchev–Trinajstić information content (AvgIpc) is 3.10. The molecule has 2 aromatic rings. The molecule has 2 heterocycles. The van der Waals surface area contributed by atoms with Crippen molar-refractivity contribution in [2.45, 2.75) is 0 Å². The number of nitrogens with zero attached hydrogens (tertiary/aromatic N) is 2. The van der Waals surface area contributed by atoms with Gasteiger partial charge in [-0.25, -0.2) is 5.84 Å². The third-order valence-electron chi connectivity index (χ3n) is 3.55. The second-order valence-electron chi connectivity index (χ2n) is 5.65. The van der Waals surface area contributed by atoms with E-state index < -0.39 is 0 Å². The number of aromatic nitrogens is 1. The van der Waals surface area contributed by atoms with E-state index in [0.717, 1.165) is 15.1 Å². The van der Waals surface area contributed by atoms with E-state index in [4.69, 9.17) is 30.5 Å². The summed E-state index contributed by atoms with van der Waals surface area (Å²) in [4.78, 5) is 5.26. The number of thiophene rings is 1. The first-order valence-corrected chi connectivity index (χ1v) is 9.58. The molecule has 0 aliphatic carbocycles. The van der Waals surface area contributed by atoms with E-state index in [1.54, 1.807) is 30.8 Å². The lowest BCUT2D eigenvalue weighted by atomic mass is 10.3. The van der Waals surface area contributed by atoms with Gasteiger partial charge in [0, 0.05) is 19.5 Å². The Kier molecular flexibility index (Phi) is 10.1. The van der Waals surface area contributed by atoms with Crippen LogP contribution in [-0.4, -0.2) is 69.9 Å². The molecule has 0 spiro atoms. The van der Waals surface area contributed by atoms with Crippen molar-refractivity contribution in [2.24, 2.45) is 11.6 Å². The number of nitrogens with two attached hydrogens (primary N) is 2. The van der Waals surface area contributed by atoms with Crippen molar-refractivity contribution in [3.63, 3.8) is 0 Å². The Labute approximate surface area is 163 Å². The molecule has 150 valence electrons. The van der Waals surface area contributed by atoms with Crippen LogP contribution in [0, 0.1) is 0 Å². The number of pyridine rings is 1. The molecule has 0 unspecified atom stereocenters. The molecule has 0 fully saturated rings.